The second-order valence-corrected chi connectivity index (χ2v) is 9.20. The fourth-order valence-electron chi connectivity index (χ4n) is 4.20. The first-order chi connectivity index (χ1) is 13.2. The summed E-state index contributed by atoms with van der Waals surface area (Å²) in [5.74, 6) is 0.697. The predicted octanol–water partition coefficient (Wildman–Crippen LogP) is 2.62. The Morgan fingerprint density at radius 1 is 1.18 bits per heavy atom. The summed E-state index contributed by atoms with van der Waals surface area (Å²) < 4.78 is 1.82. The Labute approximate surface area is 164 Å². The number of carbonyl (C=O) groups excluding carboxylic acids is 1. The van der Waals surface area contributed by atoms with Crippen molar-refractivity contribution < 1.29 is 4.79 Å². The molecule has 0 atom stereocenters. The maximum absolute atomic E-state index is 12.6. The summed E-state index contributed by atoms with van der Waals surface area (Å²) in [6, 6.07) is 0.306. The van der Waals surface area contributed by atoms with Crippen LogP contribution in [0.1, 0.15) is 70.3 Å². The highest BCUT2D eigenvalue weighted by Gasteiger charge is 2.35. The molecule has 152 valence electrons. The van der Waals surface area contributed by atoms with Crippen molar-refractivity contribution in [3.63, 3.8) is 0 Å². The first-order valence-corrected chi connectivity index (χ1v) is 10.3. The van der Waals surface area contributed by atoms with Crippen molar-refractivity contribution >= 4 is 17.1 Å². The zero-order valence-corrected chi connectivity index (χ0v) is 17.2. The highest BCUT2D eigenvalue weighted by atomic mass is 16.2. The van der Waals surface area contributed by atoms with Gasteiger partial charge in [0.15, 0.2) is 5.65 Å². The fourth-order valence-corrected chi connectivity index (χ4v) is 4.20. The molecule has 2 fully saturated rings. The van der Waals surface area contributed by atoms with E-state index in [2.05, 4.69) is 15.4 Å². The lowest BCUT2D eigenvalue weighted by Crippen LogP contribution is -2.55. The second-order valence-electron chi connectivity index (χ2n) is 9.20. The minimum absolute atomic E-state index is 0.00199. The van der Waals surface area contributed by atoms with E-state index in [1.807, 2.05) is 32.4 Å². The van der Waals surface area contributed by atoms with E-state index in [1.54, 1.807) is 4.90 Å². The van der Waals surface area contributed by atoms with Crippen molar-refractivity contribution in [2.45, 2.75) is 77.3 Å². The molecule has 0 unspecified atom stereocenters. The third kappa shape index (κ3) is 3.40. The molecule has 8 nitrogen and oxygen atoms in total. The number of nitrogens with one attached hydrogen (secondary N) is 2. The Morgan fingerprint density at radius 2 is 1.86 bits per heavy atom. The number of amides is 2. The van der Waals surface area contributed by atoms with Crippen molar-refractivity contribution in [3.05, 3.63) is 21.9 Å². The number of likely N-dealkylation sites (tertiary alicyclic amines) is 1. The topological polar surface area (TPSA) is 95.9 Å². The number of fused-ring (bicyclic) bond motifs is 1. The number of aromatic nitrogens is 4. The third-order valence-electron chi connectivity index (χ3n) is 5.85. The number of H-pyrrole nitrogens is 1. The summed E-state index contributed by atoms with van der Waals surface area (Å²) >= 11 is 0. The first-order valence-electron chi connectivity index (χ1n) is 10.3. The molecular weight excluding hydrogens is 356 g/mol. The first kappa shape index (κ1) is 19.0. The Hall–Kier alpha value is -2.38. The van der Waals surface area contributed by atoms with Gasteiger partial charge in [0, 0.05) is 19.1 Å². The molecular formula is C20H30N6O2. The van der Waals surface area contributed by atoms with Gasteiger partial charge in [0.1, 0.15) is 11.2 Å². The lowest BCUT2D eigenvalue weighted by atomic mass is 9.95. The van der Waals surface area contributed by atoms with E-state index in [-0.39, 0.29) is 23.0 Å². The Bertz CT molecular complexity index is 942. The lowest BCUT2D eigenvalue weighted by Gasteiger charge is -2.39. The molecule has 2 amide bonds. The molecule has 28 heavy (non-hydrogen) atoms. The monoisotopic (exact) mass is 386 g/mol. The van der Waals surface area contributed by atoms with Gasteiger partial charge in [-0.3, -0.25) is 4.79 Å². The van der Waals surface area contributed by atoms with E-state index in [9.17, 15) is 9.59 Å². The molecule has 2 aromatic rings. The molecule has 1 saturated heterocycles. The molecule has 0 spiro atoms. The van der Waals surface area contributed by atoms with Gasteiger partial charge in [-0.15, -0.1) is 0 Å². The summed E-state index contributed by atoms with van der Waals surface area (Å²) in [6.45, 7) is 9.12. The van der Waals surface area contributed by atoms with Gasteiger partial charge in [-0.2, -0.15) is 5.10 Å². The second kappa shape index (κ2) is 6.90. The quantitative estimate of drug-likeness (QED) is 0.829. The number of urea groups is 1. The van der Waals surface area contributed by atoms with Crippen molar-refractivity contribution in [1.29, 1.82) is 0 Å². The number of carbonyl (C=O) groups is 1. The highest BCUT2D eigenvalue weighted by Crippen LogP contribution is 2.27. The molecule has 8 heteroatoms. The standard InChI is InChI=1S/C20H30N6O2/c1-12-15-17(26(24-12)20(2,3)4)22-16(23-18(15)27)13-10-25(11-13)19(28)21-14-8-6-5-7-9-14/h13-14H,5-11H2,1-4H3,(H,21,28)(H,22,23,27). The van der Waals surface area contributed by atoms with Gasteiger partial charge in [0.2, 0.25) is 0 Å². The molecule has 0 radical (unpaired) electrons. The zero-order chi connectivity index (χ0) is 20.1. The van der Waals surface area contributed by atoms with Crippen LogP contribution in [-0.4, -0.2) is 49.8 Å². The van der Waals surface area contributed by atoms with Crippen LogP contribution in [0.4, 0.5) is 4.79 Å². The SMILES string of the molecule is Cc1nn(C(C)(C)C)c2nc(C3CN(C(=O)NC4CCCCC4)C3)[nH]c(=O)c12. The Morgan fingerprint density at radius 3 is 2.50 bits per heavy atom. The summed E-state index contributed by atoms with van der Waals surface area (Å²) in [6.07, 6.45) is 5.80. The lowest BCUT2D eigenvalue weighted by molar-refractivity contribution is 0.143. The third-order valence-corrected chi connectivity index (χ3v) is 5.85. The summed E-state index contributed by atoms with van der Waals surface area (Å²) in [4.78, 5) is 34.6. The number of aryl methyl sites for hydroxylation is 1. The van der Waals surface area contributed by atoms with E-state index < -0.39 is 0 Å². The van der Waals surface area contributed by atoms with Crippen molar-refractivity contribution in [2.75, 3.05) is 13.1 Å². The van der Waals surface area contributed by atoms with Crippen molar-refractivity contribution in [3.8, 4) is 0 Å². The summed E-state index contributed by atoms with van der Waals surface area (Å²) in [5, 5.41) is 8.23. The van der Waals surface area contributed by atoms with Gasteiger partial charge < -0.3 is 15.2 Å². The van der Waals surface area contributed by atoms with Gasteiger partial charge in [-0.25, -0.2) is 14.5 Å². The van der Waals surface area contributed by atoms with Crippen molar-refractivity contribution in [1.82, 2.24) is 30.0 Å². The fraction of sp³-hybridized carbons (Fsp3) is 0.700. The largest absolute Gasteiger partial charge is 0.335 e. The number of rotatable bonds is 2. The van der Waals surface area contributed by atoms with E-state index in [4.69, 9.17) is 4.98 Å². The molecule has 3 heterocycles. The maximum atomic E-state index is 12.6. The molecule has 1 aliphatic heterocycles. The van der Waals surface area contributed by atoms with Crippen molar-refractivity contribution in [2.24, 2.45) is 0 Å². The van der Waals surface area contributed by atoms with Crippen LogP contribution >= 0.6 is 0 Å². The summed E-state index contributed by atoms with van der Waals surface area (Å²) in [5.41, 5.74) is 0.884. The number of hydrogen-bond donors (Lipinski definition) is 2. The molecule has 0 aromatic carbocycles. The number of aromatic amines is 1. The molecule has 0 bridgehead atoms. The average Bonchev–Trinajstić information content (AvgIpc) is 2.92. The summed E-state index contributed by atoms with van der Waals surface area (Å²) in [7, 11) is 0. The van der Waals surface area contributed by atoms with E-state index >= 15 is 0 Å². The van der Waals surface area contributed by atoms with Gasteiger partial charge in [0.05, 0.1) is 17.2 Å². The minimum Gasteiger partial charge on any atom is -0.335 e. The van der Waals surface area contributed by atoms with Crippen LogP contribution in [0.15, 0.2) is 4.79 Å². The normalized spacial score (nSPS) is 19.1. The van der Waals surface area contributed by atoms with Crippen LogP contribution < -0.4 is 10.9 Å². The van der Waals surface area contributed by atoms with E-state index in [0.717, 1.165) is 12.8 Å². The van der Waals surface area contributed by atoms with Gasteiger partial charge in [0.25, 0.3) is 5.56 Å². The minimum atomic E-state index is -0.268. The zero-order valence-electron chi connectivity index (χ0n) is 17.2. The molecule has 2 N–H and O–H groups in total. The molecule has 2 aromatic heterocycles. The van der Waals surface area contributed by atoms with E-state index in [1.165, 1.54) is 19.3 Å². The van der Waals surface area contributed by atoms with Crippen LogP contribution in [0.2, 0.25) is 0 Å². The van der Waals surface area contributed by atoms with Gasteiger partial charge >= 0.3 is 6.03 Å². The molecule has 1 saturated carbocycles. The Balaban J connectivity index is 1.50. The van der Waals surface area contributed by atoms with Crippen LogP contribution in [0.3, 0.4) is 0 Å². The number of hydrogen-bond acceptors (Lipinski definition) is 4. The maximum Gasteiger partial charge on any atom is 0.317 e. The highest BCUT2D eigenvalue weighted by molar-refractivity contribution is 5.78. The molecule has 1 aliphatic carbocycles. The van der Waals surface area contributed by atoms with Crippen LogP contribution in [-0.2, 0) is 5.54 Å². The smallest absolute Gasteiger partial charge is 0.317 e. The van der Waals surface area contributed by atoms with Crippen LogP contribution in [0, 0.1) is 6.92 Å². The van der Waals surface area contributed by atoms with Crippen LogP contribution in [0.5, 0.6) is 0 Å². The molecule has 4 rings (SSSR count). The average molecular weight is 387 g/mol. The number of nitrogens with zero attached hydrogens (tertiary/aromatic N) is 4. The van der Waals surface area contributed by atoms with Gasteiger partial charge in [-0.1, -0.05) is 19.3 Å². The van der Waals surface area contributed by atoms with Crippen LogP contribution in [0.25, 0.3) is 11.0 Å². The van der Waals surface area contributed by atoms with E-state index in [0.29, 0.717) is 41.7 Å². The predicted molar refractivity (Wildman–Crippen MR) is 108 cm³/mol. The van der Waals surface area contributed by atoms with Gasteiger partial charge in [-0.05, 0) is 40.5 Å². The Kier molecular flexibility index (Phi) is 4.67. The molecule has 2 aliphatic rings.